The van der Waals surface area contributed by atoms with E-state index in [1.807, 2.05) is 0 Å². The van der Waals surface area contributed by atoms with Crippen molar-refractivity contribution in [2.45, 2.75) is 303 Å². The van der Waals surface area contributed by atoms with Crippen LogP contribution in [0.5, 0.6) is 28.7 Å². The zero-order chi connectivity index (χ0) is 85.9. The lowest BCUT2D eigenvalue weighted by Gasteiger charge is -2.45. The van der Waals surface area contributed by atoms with Crippen molar-refractivity contribution in [3.63, 3.8) is 0 Å². The normalized spacial score (nSPS) is 21.0. The molecule has 5 aromatic heterocycles. The summed E-state index contributed by atoms with van der Waals surface area (Å²) < 4.78 is 45.1. The third-order valence-corrected chi connectivity index (χ3v) is 34.1. The predicted molar refractivity (Wildman–Crippen MR) is 500 cm³/mol. The Bertz CT molecular complexity index is 5790. The minimum atomic E-state index is -0.133. The summed E-state index contributed by atoms with van der Waals surface area (Å²) in [6.45, 7) is 16.5. The maximum atomic E-state index is 7.18. The lowest BCUT2D eigenvalue weighted by atomic mass is 9.60. The highest BCUT2D eigenvalue weighted by molar-refractivity contribution is 5.79. The molecular formula is C115H136N5O5+5. The van der Waals surface area contributed by atoms with Gasteiger partial charge in [-0.2, -0.15) is 0 Å². The number of hydrogen-bond acceptors (Lipinski definition) is 5. The van der Waals surface area contributed by atoms with Crippen molar-refractivity contribution in [2.24, 2.45) is 35.2 Å². The van der Waals surface area contributed by atoms with Gasteiger partial charge in [0.25, 0.3) is 0 Å². The average Bonchev–Trinajstić information content (AvgIpc) is 1.52. The van der Waals surface area contributed by atoms with Crippen LogP contribution in [0.4, 0.5) is 0 Å². The summed E-state index contributed by atoms with van der Waals surface area (Å²) in [6.07, 6.45) is 51.9. The van der Waals surface area contributed by atoms with Crippen molar-refractivity contribution >= 4 is 0 Å². The van der Waals surface area contributed by atoms with Crippen molar-refractivity contribution in [3.05, 3.63) is 274 Å². The Kier molecular flexibility index (Phi) is 21.6. The molecule has 0 N–H and O–H groups in total. The maximum Gasteiger partial charge on any atom is 0.216 e. The van der Waals surface area contributed by atoms with E-state index in [1.165, 1.54) is 327 Å². The minimum absolute atomic E-state index is 0.0612. The monoisotopic (exact) mass is 1670 g/mol. The molecule has 646 valence electrons. The molecule has 6 aromatic carbocycles. The predicted octanol–water partition coefficient (Wildman–Crippen LogP) is 24.2. The van der Waals surface area contributed by atoms with Gasteiger partial charge >= 0.3 is 0 Å². The maximum absolute atomic E-state index is 7.18. The highest BCUT2D eigenvalue weighted by Crippen LogP contribution is 2.70. The van der Waals surface area contributed by atoms with Crippen LogP contribution in [0.2, 0.25) is 0 Å². The molecule has 0 amide bonds. The lowest BCUT2D eigenvalue weighted by Crippen LogP contribution is -2.51. The second kappa shape index (κ2) is 32.4. The van der Waals surface area contributed by atoms with Crippen molar-refractivity contribution in [1.82, 2.24) is 0 Å². The molecule has 0 saturated heterocycles. The quantitative estimate of drug-likeness (QED) is 0.161. The Morgan fingerprint density at radius 3 is 0.848 bits per heavy atom. The number of aromatic nitrogens is 5. The van der Waals surface area contributed by atoms with E-state index in [2.05, 4.69) is 313 Å². The Morgan fingerprint density at radius 2 is 0.504 bits per heavy atom. The molecule has 0 radical (unpaired) electrons. The number of benzene rings is 6. The number of nitrogens with zero attached hydrogens (tertiary/aromatic N) is 5. The number of pyridine rings is 5. The van der Waals surface area contributed by atoms with Gasteiger partial charge in [0, 0.05) is 128 Å². The summed E-state index contributed by atoms with van der Waals surface area (Å²) in [6, 6.07) is 64.6. The lowest BCUT2D eigenvalue weighted by molar-refractivity contribution is -0.660. The van der Waals surface area contributed by atoms with Gasteiger partial charge in [-0.25, -0.2) is 22.8 Å². The fraction of sp³-hybridized carbons (Fsp3) is 0.470. The molecule has 5 aliphatic heterocycles. The summed E-state index contributed by atoms with van der Waals surface area (Å²) >= 11 is 0. The molecule has 10 heterocycles. The fourth-order valence-corrected chi connectivity index (χ4v) is 27.3. The van der Waals surface area contributed by atoms with Crippen molar-refractivity contribution in [1.29, 1.82) is 0 Å². The Hall–Kier alpha value is -9.93. The molecule has 8 spiro atoms. The fourth-order valence-electron chi connectivity index (χ4n) is 27.3. The molecule has 0 unspecified atom stereocenters. The van der Waals surface area contributed by atoms with Gasteiger partial charge in [0.15, 0.2) is 31.0 Å². The molecule has 7 fully saturated rings. The van der Waals surface area contributed by atoms with Gasteiger partial charge in [0.05, 0.1) is 34.4 Å². The SMILES string of the molecule is Cc1ccc2c(c1-c1cccc[n+]1C)OC(C)(C)C21CCCCC1.Cc1ccc2c(c1-c1cccc[n+]1C)OC1(CC1)C21CCCCC1.Cc1ccc2c(c1-c1cccc[n+]1C)OC1(CCCC1)C21CCCCC1.Cc1ccc2c(c1-c1cccc[n+]1C)OC1(Cc3ccccc3C1)C21CCCC1.Cc1ccc2c(c1-c1cccc[n+]1C)OCC21CCCCC1. The van der Waals surface area contributed by atoms with Gasteiger partial charge in [-0.15, -0.1) is 0 Å². The topological polar surface area (TPSA) is 65.5 Å². The first kappa shape index (κ1) is 83.3. The van der Waals surface area contributed by atoms with Gasteiger partial charge in [-0.05, 0) is 220 Å². The molecule has 13 aliphatic rings. The van der Waals surface area contributed by atoms with Crippen LogP contribution in [0.1, 0.15) is 273 Å². The van der Waals surface area contributed by atoms with Crippen LogP contribution in [-0.2, 0) is 75.2 Å². The first-order valence-corrected chi connectivity index (χ1v) is 48.6. The largest absolute Gasteiger partial charge is 0.491 e. The number of ether oxygens (including phenoxy) is 5. The van der Waals surface area contributed by atoms with Crippen LogP contribution >= 0.6 is 0 Å². The van der Waals surface area contributed by atoms with Crippen molar-refractivity contribution < 1.29 is 46.5 Å². The first-order valence-electron chi connectivity index (χ1n) is 48.6. The van der Waals surface area contributed by atoms with E-state index in [-0.39, 0.29) is 49.5 Å². The second-order valence-corrected chi connectivity index (χ2v) is 41.2. The van der Waals surface area contributed by atoms with Crippen molar-refractivity contribution in [2.75, 3.05) is 6.61 Å². The average molecular weight is 1670 g/mol. The summed E-state index contributed by atoms with van der Waals surface area (Å²) in [5.74, 6) is 5.82. The summed E-state index contributed by atoms with van der Waals surface area (Å²) in [7, 11) is 10.6. The molecule has 7 saturated carbocycles. The second-order valence-electron chi connectivity index (χ2n) is 41.2. The number of rotatable bonds is 5. The van der Waals surface area contributed by atoms with Gasteiger partial charge < -0.3 is 23.7 Å². The van der Waals surface area contributed by atoms with E-state index in [4.69, 9.17) is 23.7 Å². The molecule has 0 bridgehead atoms. The minimum Gasteiger partial charge on any atom is -0.491 e. The van der Waals surface area contributed by atoms with Crippen LogP contribution in [-0.4, -0.2) is 29.0 Å². The van der Waals surface area contributed by atoms with Gasteiger partial charge in [0.2, 0.25) is 28.5 Å². The van der Waals surface area contributed by atoms with Gasteiger partial charge in [-0.3, -0.25) is 0 Å². The molecule has 125 heavy (non-hydrogen) atoms. The standard InChI is InChI=1S/C27H28NO.C24H30NO.C22H26NO.C22H28NO.C20H24NO/c1-19-12-13-22-25(24(19)23-11-5-8-16-28(23)2)29-27(26(22)14-6-7-15-26)17-20-9-3-4-10-21(20)18-27;1-18-11-12-19-22(21(18)20-10-4-9-17-25(20)2)26-24(15-7-8-16-24)23(19)13-5-3-6-14-23;1-16-9-10-17-20(19(16)18-8-4-7-15-23(18)2)24-22(13-14-22)21(17)11-5-3-6-12-21;1-16-11-12-17-20(19(16)18-10-6-9-15-23(18)4)24-21(2,3)22(17)13-7-5-8-14-22;1-15-9-10-16-19(18(15)17-8-4-7-13-21(17)2)22-14-20(16)11-5-3-6-12-20/h3-5,8-13,16H,6-7,14-15,17-18H2,1-2H3;4,9-12,17H,3,5-8,13-16H2,1-2H3;4,7-10,15H,3,5-6,11-14H2,1-2H3;6,9-12,15H,5,7-8,13-14H2,1-4H3;4,7-10,13H,3,5-6,11-12,14H2,1-2H3/q5*+1. The third-order valence-electron chi connectivity index (χ3n) is 34.1. The van der Waals surface area contributed by atoms with E-state index >= 15 is 0 Å². The molecule has 10 nitrogen and oxygen atoms in total. The first-order chi connectivity index (χ1) is 60.6. The number of fused-ring (bicyclic) bond motifs is 14. The van der Waals surface area contributed by atoms with Crippen LogP contribution in [0, 0.1) is 34.6 Å². The number of aryl methyl sites for hydroxylation is 10. The number of hydrogen-bond donors (Lipinski definition) is 0. The molecule has 0 atom stereocenters. The van der Waals surface area contributed by atoms with E-state index in [9.17, 15) is 0 Å². The molecule has 11 aromatic rings. The smallest absolute Gasteiger partial charge is 0.216 e. The molecule has 8 aliphatic carbocycles. The molecular weight excluding hydrogens is 1530 g/mol. The highest BCUT2D eigenvalue weighted by Gasteiger charge is 2.68. The van der Waals surface area contributed by atoms with Gasteiger partial charge in [-0.1, -0.05) is 175 Å². The molecule has 24 rings (SSSR count). The third kappa shape index (κ3) is 13.5. The summed E-state index contributed by atoms with van der Waals surface area (Å²) in [4.78, 5) is 0. The van der Waals surface area contributed by atoms with E-state index in [0.717, 1.165) is 36.7 Å². The van der Waals surface area contributed by atoms with Crippen LogP contribution in [0.15, 0.2) is 207 Å². The Labute approximate surface area is 745 Å². The zero-order valence-electron chi connectivity index (χ0n) is 77.2. The van der Waals surface area contributed by atoms with Gasteiger partial charge in [0.1, 0.15) is 86.4 Å². The van der Waals surface area contributed by atoms with Crippen LogP contribution in [0.3, 0.4) is 0 Å². The van der Waals surface area contributed by atoms with E-state index < -0.39 is 0 Å². The highest BCUT2D eigenvalue weighted by atomic mass is 16.5. The van der Waals surface area contributed by atoms with E-state index in [1.54, 1.807) is 0 Å². The zero-order valence-corrected chi connectivity index (χ0v) is 77.2. The van der Waals surface area contributed by atoms with Crippen molar-refractivity contribution in [3.8, 4) is 85.0 Å². The Balaban J connectivity index is 0.0000000990. The van der Waals surface area contributed by atoms with Crippen LogP contribution < -0.4 is 46.5 Å². The Morgan fingerprint density at radius 1 is 0.240 bits per heavy atom. The molecule has 10 heteroatoms. The summed E-state index contributed by atoms with van der Waals surface area (Å²) in [5, 5.41) is 0. The summed E-state index contributed by atoms with van der Waals surface area (Å²) in [5.41, 5.74) is 30.7. The van der Waals surface area contributed by atoms with Crippen LogP contribution in [0.25, 0.3) is 56.3 Å². The van der Waals surface area contributed by atoms with E-state index in [0.29, 0.717) is 0 Å².